The molecule has 1 aromatic heterocycles. The first-order valence-electron chi connectivity index (χ1n) is 13.6. The molecule has 1 aliphatic rings. The fourth-order valence-electron chi connectivity index (χ4n) is 5.00. The van der Waals surface area contributed by atoms with Crippen molar-refractivity contribution in [2.75, 3.05) is 11.9 Å². The van der Waals surface area contributed by atoms with E-state index in [0.29, 0.717) is 10.8 Å². The highest BCUT2D eigenvalue weighted by molar-refractivity contribution is 7.14. The third-order valence-corrected chi connectivity index (χ3v) is 7.82. The van der Waals surface area contributed by atoms with Crippen LogP contribution < -0.4 is 5.32 Å². The quantitative estimate of drug-likeness (QED) is 0.0734. The molecule has 1 aliphatic carbocycles. The third-order valence-electron chi connectivity index (χ3n) is 7.06. The lowest BCUT2D eigenvalue weighted by atomic mass is 9.77. The number of carbonyl (C=O) groups excluding carboxylic acids is 1. The Morgan fingerprint density at radius 2 is 1.48 bits per heavy atom. The summed E-state index contributed by atoms with van der Waals surface area (Å²) in [6.45, 7) is 6.06. The van der Waals surface area contributed by atoms with Gasteiger partial charge in [-0.1, -0.05) is 108 Å². The number of benzene rings is 3. The smallest absolute Gasteiger partial charge is 0.362 e. The van der Waals surface area contributed by atoms with E-state index in [1.165, 1.54) is 16.9 Å². The second-order valence-electron chi connectivity index (χ2n) is 9.73. The molecule has 5 rings (SSSR count). The highest BCUT2D eigenvalue weighted by atomic mass is 32.1. The normalized spacial score (nSPS) is 14.5. The number of ether oxygens (including phenoxy) is 1. The van der Waals surface area contributed by atoms with E-state index in [0.717, 1.165) is 42.4 Å². The number of hydrogen-bond acceptors (Lipinski definition) is 7. The van der Waals surface area contributed by atoms with E-state index in [4.69, 9.17) is 14.6 Å². The number of anilines is 1. The molecule has 3 aromatic carbocycles. The van der Waals surface area contributed by atoms with Gasteiger partial charge >= 0.3 is 5.97 Å². The second kappa shape index (κ2) is 12.7. The molecule has 6 nitrogen and oxygen atoms in total. The van der Waals surface area contributed by atoms with Gasteiger partial charge in [0.15, 0.2) is 5.13 Å². The van der Waals surface area contributed by atoms with Crippen molar-refractivity contribution in [1.82, 2.24) is 4.98 Å². The van der Waals surface area contributed by atoms with Gasteiger partial charge in [0.25, 0.3) is 0 Å². The van der Waals surface area contributed by atoms with Crippen LogP contribution in [0.2, 0.25) is 0 Å². The summed E-state index contributed by atoms with van der Waals surface area (Å²) < 4.78 is 5.31. The zero-order valence-electron chi connectivity index (χ0n) is 22.6. The van der Waals surface area contributed by atoms with Gasteiger partial charge in [0.05, 0.1) is 6.61 Å². The number of nitrogens with zero attached hydrogens (tertiary/aromatic N) is 2. The van der Waals surface area contributed by atoms with Crippen molar-refractivity contribution in [2.45, 2.75) is 44.2 Å². The molecule has 7 heteroatoms. The van der Waals surface area contributed by atoms with Crippen LogP contribution in [-0.4, -0.2) is 29.4 Å². The molecule has 0 atom stereocenters. The summed E-state index contributed by atoms with van der Waals surface area (Å²) in [5.74, 6) is -0.556. The van der Waals surface area contributed by atoms with Crippen molar-refractivity contribution in [3.63, 3.8) is 0 Å². The summed E-state index contributed by atoms with van der Waals surface area (Å²) in [5.41, 5.74) is 4.15. The molecule has 0 bridgehead atoms. The second-order valence-corrected chi connectivity index (χ2v) is 10.6. The van der Waals surface area contributed by atoms with Gasteiger partial charge in [-0.15, -0.1) is 11.3 Å². The predicted molar refractivity (Wildman–Crippen MR) is 161 cm³/mol. The zero-order chi connectivity index (χ0) is 27.8. The average molecular weight is 552 g/mol. The largest absolute Gasteiger partial charge is 0.461 e. The SMILES string of the molecule is C=C1CCC(ON=C(C(=O)OCC)c2csc(NC(c3ccccc3)(c3ccccc3)c3ccccc3)n2)CC1. The average Bonchev–Trinajstić information content (AvgIpc) is 3.46. The predicted octanol–water partition coefficient (Wildman–Crippen LogP) is 7.33. The zero-order valence-corrected chi connectivity index (χ0v) is 23.4. The van der Waals surface area contributed by atoms with Crippen LogP contribution in [0, 0.1) is 0 Å². The van der Waals surface area contributed by atoms with Crippen molar-refractivity contribution < 1.29 is 14.4 Å². The summed E-state index contributed by atoms with van der Waals surface area (Å²) >= 11 is 1.41. The van der Waals surface area contributed by atoms with Crippen molar-refractivity contribution in [3.8, 4) is 0 Å². The molecule has 40 heavy (non-hydrogen) atoms. The van der Waals surface area contributed by atoms with Gasteiger partial charge in [0.1, 0.15) is 17.3 Å². The van der Waals surface area contributed by atoms with E-state index in [1.54, 1.807) is 6.92 Å². The van der Waals surface area contributed by atoms with Crippen LogP contribution in [0.4, 0.5) is 5.13 Å². The number of oxime groups is 1. The van der Waals surface area contributed by atoms with Crippen molar-refractivity contribution >= 4 is 28.1 Å². The number of esters is 1. The number of thiazole rings is 1. The van der Waals surface area contributed by atoms with Gasteiger partial charge in [0, 0.05) is 5.38 Å². The van der Waals surface area contributed by atoms with Crippen LogP contribution in [0.15, 0.2) is 114 Å². The summed E-state index contributed by atoms with van der Waals surface area (Å²) in [5, 5.41) is 10.5. The van der Waals surface area contributed by atoms with E-state index >= 15 is 0 Å². The maximum absolute atomic E-state index is 12.9. The Bertz CT molecular complexity index is 1350. The Kier molecular flexibility index (Phi) is 8.71. The maximum Gasteiger partial charge on any atom is 0.362 e. The Hall–Kier alpha value is -4.23. The van der Waals surface area contributed by atoms with E-state index < -0.39 is 11.5 Å². The minimum absolute atomic E-state index is 0.0620. The minimum Gasteiger partial charge on any atom is -0.461 e. The summed E-state index contributed by atoms with van der Waals surface area (Å²) in [4.78, 5) is 23.6. The molecule has 1 fully saturated rings. The molecule has 4 aromatic rings. The highest BCUT2D eigenvalue weighted by Gasteiger charge is 2.37. The van der Waals surface area contributed by atoms with E-state index in [2.05, 4.69) is 53.4 Å². The minimum atomic E-state index is -0.735. The van der Waals surface area contributed by atoms with Crippen LogP contribution in [-0.2, 0) is 19.9 Å². The van der Waals surface area contributed by atoms with Crippen LogP contribution in [0.3, 0.4) is 0 Å². The molecule has 0 aliphatic heterocycles. The summed E-state index contributed by atoms with van der Waals surface area (Å²) in [7, 11) is 0. The van der Waals surface area contributed by atoms with Crippen LogP contribution in [0.25, 0.3) is 0 Å². The first-order chi connectivity index (χ1) is 19.6. The topological polar surface area (TPSA) is 72.8 Å². The van der Waals surface area contributed by atoms with Gasteiger partial charge < -0.3 is 14.9 Å². The summed E-state index contributed by atoms with van der Waals surface area (Å²) in [6, 6.07) is 30.9. The molecule has 1 N–H and O–H groups in total. The van der Waals surface area contributed by atoms with E-state index in [1.807, 2.05) is 60.0 Å². The molecule has 0 unspecified atom stereocenters. The van der Waals surface area contributed by atoms with Crippen molar-refractivity contribution in [2.24, 2.45) is 5.16 Å². The number of allylic oxidation sites excluding steroid dienone is 1. The third kappa shape index (κ3) is 6.00. The fourth-order valence-corrected chi connectivity index (χ4v) is 5.75. The Morgan fingerprint density at radius 1 is 0.950 bits per heavy atom. The number of aromatic nitrogens is 1. The van der Waals surface area contributed by atoms with E-state index in [9.17, 15) is 4.79 Å². The van der Waals surface area contributed by atoms with Crippen molar-refractivity contribution in [3.05, 3.63) is 131 Å². The number of rotatable bonds is 10. The standard InChI is InChI=1S/C33H33N3O3S/c1-3-38-31(37)30(36-39-28-21-19-24(2)20-22-28)29-23-40-32(34-29)35-33(25-13-7-4-8-14-25,26-15-9-5-10-16-26)27-17-11-6-12-18-27/h4-18,23,28H,2-3,19-22H2,1H3,(H,34,35). The van der Waals surface area contributed by atoms with Gasteiger partial charge in [-0.05, 0) is 49.3 Å². The van der Waals surface area contributed by atoms with Crippen LogP contribution in [0.5, 0.6) is 0 Å². The highest BCUT2D eigenvalue weighted by Crippen LogP contribution is 2.40. The number of nitrogens with one attached hydrogen (secondary N) is 1. The van der Waals surface area contributed by atoms with Gasteiger partial charge in [0.2, 0.25) is 5.71 Å². The molecule has 204 valence electrons. The Labute approximate surface area is 239 Å². The first-order valence-corrected chi connectivity index (χ1v) is 14.5. The lowest BCUT2D eigenvalue weighted by Gasteiger charge is -2.36. The molecule has 1 heterocycles. The first kappa shape index (κ1) is 27.3. The van der Waals surface area contributed by atoms with Crippen LogP contribution >= 0.6 is 11.3 Å². The molecule has 1 saturated carbocycles. The number of carbonyl (C=O) groups is 1. The van der Waals surface area contributed by atoms with Crippen molar-refractivity contribution in [1.29, 1.82) is 0 Å². The summed E-state index contributed by atoms with van der Waals surface area (Å²) in [6.07, 6.45) is 3.40. The molecule has 0 saturated heterocycles. The molecule has 0 spiro atoms. The molecule has 0 radical (unpaired) electrons. The monoisotopic (exact) mass is 551 g/mol. The van der Waals surface area contributed by atoms with Crippen LogP contribution in [0.1, 0.15) is 55.0 Å². The Morgan fingerprint density at radius 3 is 1.98 bits per heavy atom. The molecular weight excluding hydrogens is 518 g/mol. The van der Waals surface area contributed by atoms with Gasteiger partial charge in [-0.3, -0.25) is 0 Å². The maximum atomic E-state index is 12.9. The Balaban J connectivity index is 1.54. The molecular formula is C33H33N3O3S. The van der Waals surface area contributed by atoms with E-state index in [-0.39, 0.29) is 18.4 Å². The lowest BCUT2D eigenvalue weighted by Crippen LogP contribution is -2.38. The van der Waals surface area contributed by atoms with Gasteiger partial charge in [-0.2, -0.15) is 0 Å². The lowest BCUT2D eigenvalue weighted by molar-refractivity contribution is -0.135. The molecule has 0 amide bonds. The fraction of sp³-hybridized carbons (Fsp3) is 0.242. The number of hydrogen-bond donors (Lipinski definition) is 1. The van der Waals surface area contributed by atoms with Gasteiger partial charge in [-0.25, -0.2) is 9.78 Å².